The zero-order chi connectivity index (χ0) is 14.2. The first-order valence-corrected chi connectivity index (χ1v) is 7.15. The Labute approximate surface area is 116 Å². The molecule has 2 unspecified atom stereocenters. The second kappa shape index (κ2) is 5.80. The number of aliphatic hydroxyl groups is 3. The minimum atomic E-state index is -1.18. The van der Waals surface area contributed by atoms with Crippen molar-refractivity contribution in [2.45, 2.75) is 42.8 Å². The Morgan fingerprint density at radius 2 is 2.21 bits per heavy atom. The minimum Gasteiger partial charge on any atom is -0.388 e. The van der Waals surface area contributed by atoms with E-state index >= 15 is 0 Å². The molecule has 0 amide bonds. The predicted molar refractivity (Wildman–Crippen MR) is 74.0 cm³/mol. The van der Waals surface area contributed by atoms with Gasteiger partial charge in [0.05, 0.1) is 0 Å². The molecule has 2 heterocycles. The summed E-state index contributed by atoms with van der Waals surface area (Å²) in [5.41, 5.74) is -0.387. The molecule has 6 nitrogen and oxygen atoms in total. The van der Waals surface area contributed by atoms with Gasteiger partial charge in [-0.2, -0.15) is 0 Å². The highest BCUT2D eigenvalue weighted by Gasteiger charge is 2.50. The van der Waals surface area contributed by atoms with Crippen LogP contribution in [0, 0.1) is 0 Å². The molecule has 108 valence electrons. The third-order valence-corrected chi connectivity index (χ3v) is 4.72. The van der Waals surface area contributed by atoms with Crippen LogP contribution in [0.5, 0.6) is 0 Å². The standard InChI is InChI=1S/C12H20N2O4S/c1-4-6(15)10-9(17)8(16)7-11(18-10)19-12(13-7)14(3)5-2/h4,6-11,15-17H,1,5H2,2-3H3/t6?,7-,8-,9+,10?,11-/m1/s1. The largest absolute Gasteiger partial charge is 0.388 e. The molecule has 7 heteroatoms. The van der Waals surface area contributed by atoms with E-state index in [-0.39, 0.29) is 5.44 Å². The molecule has 0 aromatic rings. The van der Waals surface area contributed by atoms with E-state index in [1.807, 2.05) is 18.9 Å². The number of nitrogens with zero attached hydrogens (tertiary/aromatic N) is 2. The Hall–Kier alpha value is -0.600. The van der Waals surface area contributed by atoms with Crippen molar-refractivity contribution >= 4 is 16.9 Å². The SMILES string of the molecule is C=CC(O)C1O[C@@H]2SC(N(C)CC)=N[C@@H]2[C@@H](O)[C@@H]1O. The molecule has 0 saturated carbocycles. The van der Waals surface area contributed by atoms with E-state index in [9.17, 15) is 15.3 Å². The summed E-state index contributed by atoms with van der Waals surface area (Å²) in [6.45, 7) is 6.27. The molecular weight excluding hydrogens is 268 g/mol. The summed E-state index contributed by atoms with van der Waals surface area (Å²) in [5, 5.41) is 30.6. The number of rotatable bonds is 3. The average Bonchev–Trinajstić information content (AvgIpc) is 2.85. The van der Waals surface area contributed by atoms with Crippen LogP contribution < -0.4 is 0 Å². The fourth-order valence-corrected chi connectivity index (χ4v) is 3.35. The van der Waals surface area contributed by atoms with Crippen LogP contribution in [0.25, 0.3) is 0 Å². The Balaban J connectivity index is 2.14. The monoisotopic (exact) mass is 288 g/mol. The summed E-state index contributed by atoms with van der Waals surface area (Å²) in [7, 11) is 1.90. The molecule has 0 radical (unpaired) electrons. The summed E-state index contributed by atoms with van der Waals surface area (Å²) < 4.78 is 5.66. The van der Waals surface area contributed by atoms with Gasteiger partial charge in [-0.25, -0.2) is 0 Å². The van der Waals surface area contributed by atoms with E-state index in [2.05, 4.69) is 11.6 Å². The first-order chi connectivity index (χ1) is 8.99. The van der Waals surface area contributed by atoms with E-state index in [0.29, 0.717) is 0 Å². The van der Waals surface area contributed by atoms with Crippen molar-refractivity contribution in [3.8, 4) is 0 Å². The summed E-state index contributed by atoms with van der Waals surface area (Å²) in [6.07, 6.45) is -2.82. The van der Waals surface area contributed by atoms with Crippen LogP contribution >= 0.6 is 11.8 Å². The summed E-state index contributed by atoms with van der Waals surface area (Å²) in [4.78, 5) is 6.34. The third-order valence-electron chi connectivity index (χ3n) is 3.47. The lowest BCUT2D eigenvalue weighted by Gasteiger charge is -2.39. The highest BCUT2D eigenvalue weighted by molar-refractivity contribution is 8.14. The lowest BCUT2D eigenvalue weighted by atomic mass is 9.95. The molecule has 0 aromatic heterocycles. The van der Waals surface area contributed by atoms with Crippen molar-refractivity contribution in [1.82, 2.24) is 4.90 Å². The predicted octanol–water partition coefficient (Wildman–Crippen LogP) is -0.597. The van der Waals surface area contributed by atoms with Gasteiger partial charge in [-0.3, -0.25) is 4.99 Å². The van der Waals surface area contributed by atoms with Crippen molar-refractivity contribution in [3.05, 3.63) is 12.7 Å². The van der Waals surface area contributed by atoms with E-state index in [0.717, 1.165) is 11.7 Å². The minimum absolute atomic E-state index is 0.387. The Bertz CT molecular complexity index is 379. The first kappa shape index (κ1) is 14.8. The smallest absolute Gasteiger partial charge is 0.162 e. The van der Waals surface area contributed by atoms with Crippen molar-refractivity contribution in [2.24, 2.45) is 4.99 Å². The number of hydrogen-bond acceptors (Lipinski definition) is 7. The van der Waals surface area contributed by atoms with Crippen molar-refractivity contribution in [2.75, 3.05) is 13.6 Å². The van der Waals surface area contributed by atoms with Crippen LogP contribution in [0.3, 0.4) is 0 Å². The van der Waals surface area contributed by atoms with Crippen LogP contribution in [0.1, 0.15) is 6.92 Å². The quantitative estimate of drug-likeness (QED) is 0.602. The fourth-order valence-electron chi connectivity index (χ4n) is 2.11. The second-order valence-electron chi connectivity index (χ2n) is 4.71. The van der Waals surface area contributed by atoms with Gasteiger partial charge in [0, 0.05) is 13.6 Å². The zero-order valence-electron chi connectivity index (χ0n) is 11.0. The molecular formula is C12H20N2O4S. The van der Waals surface area contributed by atoms with Gasteiger partial charge in [-0.15, -0.1) is 6.58 Å². The number of hydrogen-bond donors (Lipinski definition) is 3. The van der Waals surface area contributed by atoms with E-state index in [1.54, 1.807) is 0 Å². The maximum absolute atomic E-state index is 10.1. The summed E-state index contributed by atoms with van der Waals surface area (Å²) >= 11 is 1.40. The molecule has 0 bridgehead atoms. The molecule has 2 aliphatic rings. The van der Waals surface area contributed by atoms with Gasteiger partial charge in [0.25, 0.3) is 0 Å². The van der Waals surface area contributed by atoms with E-state index in [1.165, 1.54) is 17.8 Å². The number of thioether (sulfide) groups is 1. The number of aliphatic imine (C=N–C) groups is 1. The highest BCUT2D eigenvalue weighted by Crippen LogP contribution is 2.37. The lowest BCUT2D eigenvalue weighted by molar-refractivity contribution is -0.176. The fraction of sp³-hybridized carbons (Fsp3) is 0.750. The van der Waals surface area contributed by atoms with E-state index in [4.69, 9.17) is 4.74 Å². The van der Waals surface area contributed by atoms with Crippen LogP contribution in [0.2, 0.25) is 0 Å². The molecule has 0 spiro atoms. The van der Waals surface area contributed by atoms with Gasteiger partial charge in [-0.05, 0) is 6.92 Å². The normalized spacial score (nSPS) is 39.4. The molecule has 2 aliphatic heterocycles. The van der Waals surface area contributed by atoms with Crippen LogP contribution in [0.15, 0.2) is 17.6 Å². The molecule has 3 N–H and O–H groups in total. The van der Waals surface area contributed by atoms with Crippen molar-refractivity contribution < 1.29 is 20.1 Å². The Morgan fingerprint density at radius 3 is 2.79 bits per heavy atom. The summed E-state index contributed by atoms with van der Waals surface area (Å²) in [6, 6.07) is -0.503. The molecule has 0 aromatic carbocycles. The number of aliphatic hydroxyl groups excluding tert-OH is 3. The van der Waals surface area contributed by atoms with Crippen LogP contribution in [-0.4, -0.2) is 74.9 Å². The first-order valence-electron chi connectivity index (χ1n) is 6.27. The van der Waals surface area contributed by atoms with Crippen molar-refractivity contribution in [1.29, 1.82) is 0 Å². The van der Waals surface area contributed by atoms with Gasteiger partial charge in [0.15, 0.2) is 5.17 Å². The highest BCUT2D eigenvalue weighted by atomic mass is 32.2. The Morgan fingerprint density at radius 1 is 1.53 bits per heavy atom. The van der Waals surface area contributed by atoms with Crippen LogP contribution in [-0.2, 0) is 4.74 Å². The maximum Gasteiger partial charge on any atom is 0.162 e. The van der Waals surface area contributed by atoms with Gasteiger partial charge < -0.3 is 25.0 Å². The van der Waals surface area contributed by atoms with Gasteiger partial charge in [0.2, 0.25) is 0 Å². The number of ether oxygens (including phenoxy) is 1. The molecule has 2 rings (SSSR count). The third kappa shape index (κ3) is 2.66. The topological polar surface area (TPSA) is 85.5 Å². The summed E-state index contributed by atoms with van der Waals surface area (Å²) in [5.74, 6) is 0. The van der Waals surface area contributed by atoms with Crippen LogP contribution in [0.4, 0.5) is 0 Å². The van der Waals surface area contributed by atoms with E-state index < -0.39 is 30.5 Å². The average molecular weight is 288 g/mol. The second-order valence-corrected chi connectivity index (χ2v) is 5.78. The lowest BCUT2D eigenvalue weighted by Crippen LogP contribution is -2.57. The number of fused-ring (bicyclic) bond motifs is 1. The number of amidine groups is 1. The molecule has 0 aliphatic carbocycles. The molecule has 1 saturated heterocycles. The van der Waals surface area contributed by atoms with Gasteiger partial charge in [-0.1, -0.05) is 17.8 Å². The molecule has 19 heavy (non-hydrogen) atoms. The van der Waals surface area contributed by atoms with Gasteiger partial charge in [0.1, 0.15) is 35.9 Å². The maximum atomic E-state index is 10.1. The van der Waals surface area contributed by atoms with Crippen molar-refractivity contribution in [3.63, 3.8) is 0 Å². The van der Waals surface area contributed by atoms with Gasteiger partial charge >= 0.3 is 0 Å². The molecule has 6 atom stereocenters. The zero-order valence-corrected chi connectivity index (χ0v) is 11.8. The Kier molecular flexibility index (Phi) is 4.52. The molecule has 1 fully saturated rings.